The molecule has 0 saturated heterocycles. The highest BCUT2D eigenvalue weighted by atomic mass is 19.1. The standard InChI is InChI=1S/C17H24FNO6/c1-9-7-11-12(16(11,18)14(21)22)17(9,19)15(23)25-8-24-13(20)10-5-3-2-4-6-10/h9-12H,2-8,19H2,1H3,(H,21,22)/t9-,11-,12+,16-,17+/m1/s1. The van der Waals surface area contributed by atoms with Gasteiger partial charge >= 0.3 is 17.9 Å². The Morgan fingerprint density at radius 2 is 1.84 bits per heavy atom. The fourth-order valence-electron chi connectivity index (χ4n) is 4.64. The van der Waals surface area contributed by atoms with Crippen LogP contribution in [0.2, 0.25) is 0 Å². The summed E-state index contributed by atoms with van der Waals surface area (Å²) in [5, 5.41) is 9.06. The third kappa shape index (κ3) is 2.70. The van der Waals surface area contributed by atoms with Gasteiger partial charge in [-0.25, -0.2) is 14.0 Å². The second-order valence-corrected chi connectivity index (χ2v) is 7.58. The van der Waals surface area contributed by atoms with E-state index >= 15 is 0 Å². The van der Waals surface area contributed by atoms with Gasteiger partial charge in [-0.1, -0.05) is 26.2 Å². The summed E-state index contributed by atoms with van der Waals surface area (Å²) in [4.78, 5) is 35.5. The molecular formula is C17H24FNO6. The van der Waals surface area contributed by atoms with Crippen molar-refractivity contribution >= 4 is 17.9 Å². The lowest BCUT2D eigenvalue weighted by Crippen LogP contribution is -2.57. The molecule has 0 aromatic carbocycles. The molecule has 8 heteroatoms. The zero-order valence-electron chi connectivity index (χ0n) is 14.2. The van der Waals surface area contributed by atoms with Crippen molar-refractivity contribution in [1.29, 1.82) is 0 Å². The van der Waals surface area contributed by atoms with Gasteiger partial charge in [-0.3, -0.25) is 4.79 Å². The van der Waals surface area contributed by atoms with E-state index in [1.165, 1.54) is 0 Å². The maximum atomic E-state index is 14.5. The number of halogens is 1. The molecule has 7 nitrogen and oxygen atoms in total. The zero-order chi connectivity index (χ0) is 18.4. The third-order valence-electron chi connectivity index (χ3n) is 6.23. The maximum Gasteiger partial charge on any atom is 0.342 e. The van der Waals surface area contributed by atoms with Gasteiger partial charge in [-0.2, -0.15) is 0 Å². The molecule has 3 N–H and O–H groups in total. The Kier molecular flexibility index (Phi) is 4.51. The van der Waals surface area contributed by atoms with Gasteiger partial charge in [0.05, 0.1) is 5.92 Å². The van der Waals surface area contributed by atoms with E-state index in [1.54, 1.807) is 6.92 Å². The summed E-state index contributed by atoms with van der Waals surface area (Å²) in [6.45, 7) is 1.09. The molecule has 25 heavy (non-hydrogen) atoms. The highest BCUT2D eigenvalue weighted by molar-refractivity contribution is 5.91. The van der Waals surface area contributed by atoms with Crippen LogP contribution in [0.4, 0.5) is 4.39 Å². The number of esters is 2. The molecule has 3 rings (SSSR count). The average Bonchev–Trinajstić information content (AvgIpc) is 3.09. The van der Waals surface area contributed by atoms with Crippen LogP contribution < -0.4 is 5.73 Å². The topological polar surface area (TPSA) is 116 Å². The van der Waals surface area contributed by atoms with Crippen LogP contribution in [-0.2, 0) is 23.9 Å². The lowest BCUT2D eigenvalue weighted by atomic mass is 9.82. The Balaban J connectivity index is 1.55. The summed E-state index contributed by atoms with van der Waals surface area (Å²) < 4.78 is 24.4. The summed E-state index contributed by atoms with van der Waals surface area (Å²) in [7, 11) is 0. The van der Waals surface area contributed by atoms with E-state index in [-0.39, 0.29) is 12.3 Å². The number of rotatable bonds is 5. The summed E-state index contributed by atoms with van der Waals surface area (Å²) in [6.07, 6.45) is 4.78. The lowest BCUT2D eigenvalue weighted by molar-refractivity contribution is -0.176. The van der Waals surface area contributed by atoms with Crippen LogP contribution in [0, 0.1) is 23.7 Å². The highest BCUT2D eigenvalue weighted by Gasteiger charge is 2.84. The normalized spacial score (nSPS) is 40.2. The Labute approximate surface area is 145 Å². The first-order valence-corrected chi connectivity index (χ1v) is 8.79. The predicted molar refractivity (Wildman–Crippen MR) is 82.8 cm³/mol. The van der Waals surface area contributed by atoms with Crippen molar-refractivity contribution in [2.24, 2.45) is 29.4 Å². The third-order valence-corrected chi connectivity index (χ3v) is 6.23. The monoisotopic (exact) mass is 357 g/mol. The van der Waals surface area contributed by atoms with Crippen molar-refractivity contribution in [1.82, 2.24) is 0 Å². The molecule has 0 amide bonds. The molecule has 0 unspecified atom stereocenters. The van der Waals surface area contributed by atoms with Gasteiger partial charge in [0.25, 0.3) is 0 Å². The number of carbonyl (C=O) groups excluding carboxylic acids is 2. The van der Waals surface area contributed by atoms with E-state index in [0.717, 1.165) is 32.1 Å². The molecule has 140 valence electrons. The van der Waals surface area contributed by atoms with Crippen molar-refractivity contribution in [2.45, 2.75) is 56.7 Å². The highest BCUT2D eigenvalue weighted by Crippen LogP contribution is 2.68. The first-order chi connectivity index (χ1) is 11.7. The molecule has 3 fully saturated rings. The second-order valence-electron chi connectivity index (χ2n) is 7.58. The number of carbonyl (C=O) groups is 3. The van der Waals surface area contributed by atoms with E-state index in [1.807, 2.05) is 0 Å². The van der Waals surface area contributed by atoms with E-state index in [9.17, 15) is 18.8 Å². The lowest BCUT2D eigenvalue weighted by Gasteiger charge is -2.31. The van der Waals surface area contributed by atoms with Crippen LogP contribution in [0.15, 0.2) is 0 Å². The number of ether oxygens (including phenoxy) is 2. The Hall–Kier alpha value is -1.70. The summed E-state index contributed by atoms with van der Waals surface area (Å²) in [5.74, 6) is -5.38. The molecule has 0 bridgehead atoms. The molecule has 0 aromatic rings. The molecule has 0 spiro atoms. The zero-order valence-corrected chi connectivity index (χ0v) is 14.2. The van der Waals surface area contributed by atoms with Crippen LogP contribution in [0.25, 0.3) is 0 Å². The van der Waals surface area contributed by atoms with Gasteiger partial charge in [0.15, 0.2) is 0 Å². The van der Waals surface area contributed by atoms with Crippen molar-refractivity contribution in [3.63, 3.8) is 0 Å². The number of nitrogens with two attached hydrogens (primary N) is 1. The average molecular weight is 357 g/mol. The Morgan fingerprint density at radius 3 is 2.44 bits per heavy atom. The van der Waals surface area contributed by atoms with Crippen molar-refractivity contribution in [2.75, 3.05) is 6.79 Å². The number of carboxylic acids is 1. The fraction of sp³-hybridized carbons (Fsp3) is 0.824. The van der Waals surface area contributed by atoms with Crippen LogP contribution in [0.5, 0.6) is 0 Å². The minimum absolute atomic E-state index is 0.178. The predicted octanol–water partition coefficient (Wildman–Crippen LogP) is 1.39. The summed E-state index contributed by atoms with van der Waals surface area (Å²) >= 11 is 0. The fourth-order valence-corrected chi connectivity index (χ4v) is 4.64. The molecule has 0 aromatic heterocycles. The smallest absolute Gasteiger partial charge is 0.342 e. The minimum atomic E-state index is -2.47. The van der Waals surface area contributed by atoms with Gasteiger partial charge < -0.3 is 20.3 Å². The first kappa shape index (κ1) is 18.1. The molecule has 0 radical (unpaired) electrons. The Morgan fingerprint density at radius 1 is 1.20 bits per heavy atom. The number of alkyl halides is 1. The van der Waals surface area contributed by atoms with Gasteiger partial charge in [-0.15, -0.1) is 0 Å². The molecule has 5 atom stereocenters. The Bertz CT molecular complexity index is 592. The minimum Gasteiger partial charge on any atom is -0.479 e. The number of fused-ring (bicyclic) bond motifs is 1. The number of hydrogen-bond donors (Lipinski definition) is 2. The van der Waals surface area contributed by atoms with Gasteiger partial charge in [-0.05, 0) is 25.2 Å². The number of carboxylic acid groups (broad SMARTS) is 1. The van der Waals surface area contributed by atoms with E-state index < -0.39 is 53.7 Å². The summed E-state index contributed by atoms with van der Waals surface area (Å²) in [6, 6.07) is 0. The SMILES string of the molecule is C[C@@H]1C[C@@H]2[C@H]([C@]1(N)C(=O)OCOC(=O)C1CCCCC1)[C@@]2(F)C(=O)O. The van der Waals surface area contributed by atoms with Crippen LogP contribution >= 0.6 is 0 Å². The quantitative estimate of drug-likeness (QED) is 0.564. The van der Waals surface area contributed by atoms with Crippen LogP contribution in [0.1, 0.15) is 45.4 Å². The van der Waals surface area contributed by atoms with Crippen molar-refractivity contribution in [3.8, 4) is 0 Å². The van der Waals surface area contributed by atoms with Crippen LogP contribution in [-0.4, -0.2) is 41.0 Å². The maximum absolute atomic E-state index is 14.5. The second kappa shape index (κ2) is 6.23. The molecule has 3 aliphatic carbocycles. The van der Waals surface area contributed by atoms with Gasteiger partial charge in [0.2, 0.25) is 12.5 Å². The van der Waals surface area contributed by atoms with E-state index in [0.29, 0.717) is 0 Å². The molecule has 3 saturated carbocycles. The first-order valence-electron chi connectivity index (χ1n) is 8.79. The molecular weight excluding hydrogens is 333 g/mol. The van der Waals surface area contributed by atoms with Crippen molar-refractivity contribution < 1.29 is 33.4 Å². The van der Waals surface area contributed by atoms with Gasteiger partial charge in [0.1, 0.15) is 5.54 Å². The van der Waals surface area contributed by atoms with Crippen LogP contribution in [0.3, 0.4) is 0 Å². The summed E-state index contributed by atoms with van der Waals surface area (Å²) in [5.41, 5.74) is 1.90. The van der Waals surface area contributed by atoms with E-state index in [4.69, 9.17) is 20.3 Å². The van der Waals surface area contributed by atoms with Gasteiger partial charge in [0, 0.05) is 11.8 Å². The molecule has 0 heterocycles. The number of hydrogen-bond acceptors (Lipinski definition) is 6. The van der Waals surface area contributed by atoms with Crippen molar-refractivity contribution in [3.05, 3.63) is 0 Å². The molecule has 0 aliphatic heterocycles. The number of aliphatic carboxylic acids is 1. The largest absolute Gasteiger partial charge is 0.479 e. The molecule has 3 aliphatic rings. The van der Waals surface area contributed by atoms with E-state index in [2.05, 4.69) is 0 Å².